The smallest absolute Gasteiger partial charge is 0.475 e. The highest BCUT2D eigenvalue weighted by Crippen LogP contribution is 2.28. The molecule has 0 bridgehead atoms. The van der Waals surface area contributed by atoms with E-state index in [1.165, 1.54) is 15.4 Å². The molecule has 1 N–H and O–H groups in total. The van der Waals surface area contributed by atoms with Crippen LogP contribution in [0.3, 0.4) is 0 Å². The Morgan fingerprint density at radius 3 is 2.59 bits per heavy atom. The van der Waals surface area contributed by atoms with Gasteiger partial charge in [-0.25, -0.2) is 14.3 Å². The molecule has 3 aromatic rings. The molecule has 2 aliphatic rings. The van der Waals surface area contributed by atoms with Gasteiger partial charge in [-0.15, -0.1) is 11.3 Å². The molecule has 1 atom stereocenters. The zero-order chi connectivity index (χ0) is 24.3. The van der Waals surface area contributed by atoms with Gasteiger partial charge in [-0.1, -0.05) is 0 Å². The average molecular weight is 498 g/mol. The maximum atomic E-state index is 10.6. The summed E-state index contributed by atoms with van der Waals surface area (Å²) < 4.78 is 39.1. The predicted molar refractivity (Wildman–Crippen MR) is 121 cm³/mol. The summed E-state index contributed by atoms with van der Waals surface area (Å²) in [6.07, 6.45) is -1.84. The number of carbonyl (C=O) groups is 1. The van der Waals surface area contributed by atoms with Crippen LogP contribution in [0, 0.1) is 6.92 Å². The third-order valence-corrected chi connectivity index (χ3v) is 6.75. The van der Waals surface area contributed by atoms with Crippen molar-refractivity contribution >= 4 is 28.6 Å². The van der Waals surface area contributed by atoms with E-state index in [1.54, 1.807) is 0 Å². The number of fused-ring (bicyclic) bond motifs is 1. The number of likely N-dealkylation sites (tertiary alicyclic amines) is 1. The van der Waals surface area contributed by atoms with Crippen molar-refractivity contribution in [3.8, 4) is 0 Å². The molecule has 3 aromatic heterocycles. The molecule has 2 fully saturated rings. The lowest BCUT2D eigenvalue weighted by Gasteiger charge is -2.28. The van der Waals surface area contributed by atoms with Crippen LogP contribution >= 0.6 is 11.3 Å². The van der Waals surface area contributed by atoms with E-state index < -0.39 is 12.1 Å². The topological polar surface area (TPSA) is 83.2 Å². The third-order valence-electron chi connectivity index (χ3n) is 5.76. The standard InChI is InChI=1S/C20H25N5OS.C2HF3O2/c1-15-2-4-18(27-15)14-23-7-6-16(12-23)20-21-19-5-3-17(13-25(19)22-20)24-8-10-26-11-9-24;3-2(4,5)1(6)7/h2-5,13,16H,6-12,14H2,1H3;(H,6,7). The van der Waals surface area contributed by atoms with E-state index in [4.69, 9.17) is 24.7 Å². The van der Waals surface area contributed by atoms with Crippen molar-refractivity contribution in [2.75, 3.05) is 44.3 Å². The maximum absolute atomic E-state index is 10.6. The van der Waals surface area contributed by atoms with Crippen molar-refractivity contribution in [2.45, 2.75) is 32.0 Å². The summed E-state index contributed by atoms with van der Waals surface area (Å²) in [6.45, 7) is 8.85. The van der Waals surface area contributed by atoms with Gasteiger partial charge in [-0.3, -0.25) is 4.90 Å². The van der Waals surface area contributed by atoms with E-state index in [0.717, 1.165) is 63.8 Å². The highest BCUT2D eigenvalue weighted by molar-refractivity contribution is 7.11. The lowest BCUT2D eigenvalue weighted by molar-refractivity contribution is -0.192. The van der Waals surface area contributed by atoms with Gasteiger partial charge in [0.05, 0.1) is 25.1 Å². The zero-order valence-corrected chi connectivity index (χ0v) is 19.5. The van der Waals surface area contributed by atoms with Gasteiger partial charge in [0.15, 0.2) is 11.5 Å². The number of thiophene rings is 1. The highest BCUT2D eigenvalue weighted by atomic mass is 32.1. The number of carboxylic acids is 1. The molecule has 0 aliphatic carbocycles. The summed E-state index contributed by atoms with van der Waals surface area (Å²) in [5, 5.41) is 11.9. The van der Waals surface area contributed by atoms with Crippen LogP contribution < -0.4 is 4.90 Å². The van der Waals surface area contributed by atoms with E-state index in [0.29, 0.717) is 5.92 Å². The summed E-state index contributed by atoms with van der Waals surface area (Å²) >= 11 is 1.90. The number of rotatable bonds is 4. The Hall–Kier alpha value is -2.70. The third kappa shape index (κ3) is 6.05. The van der Waals surface area contributed by atoms with Crippen molar-refractivity contribution < 1.29 is 27.8 Å². The normalized spacial score (nSPS) is 19.3. The predicted octanol–water partition coefficient (Wildman–Crippen LogP) is 3.56. The molecular formula is C22H26F3N5O3S. The van der Waals surface area contributed by atoms with Crippen molar-refractivity contribution in [2.24, 2.45) is 0 Å². The van der Waals surface area contributed by atoms with Gasteiger partial charge in [-0.05, 0) is 44.2 Å². The Kier molecular flexibility index (Phi) is 7.39. The van der Waals surface area contributed by atoms with Gasteiger partial charge >= 0.3 is 12.1 Å². The molecule has 5 heterocycles. The lowest BCUT2D eigenvalue weighted by atomic mass is 10.1. The number of morpholine rings is 1. The molecule has 1 unspecified atom stereocenters. The second kappa shape index (κ2) is 10.3. The Labute approximate surface area is 198 Å². The molecule has 2 saturated heterocycles. The second-order valence-corrected chi connectivity index (χ2v) is 9.67. The SMILES string of the molecule is Cc1ccc(CN2CCC(c3nc4ccc(N5CCOCC5)cn4n3)C2)s1.O=C(O)C(F)(F)F. The highest BCUT2D eigenvalue weighted by Gasteiger charge is 2.38. The first kappa shape index (κ1) is 24.4. The van der Waals surface area contributed by atoms with Crippen molar-refractivity contribution in [3.63, 3.8) is 0 Å². The molecule has 2 aliphatic heterocycles. The van der Waals surface area contributed by atoms with Crippen LogP contribution in [0.4, 0.5) is 18.9 Å². The molecule has 0 amide bonds. The summed E-state index contributed by atoms with van der Waals surface area (Å²) in [5.41, 5.74) is 2.14. The van der Waals surface area contributed by atoms with Crippen molar-refractivity contribution in [3.05, 3.63) is 46.0 Å². The van der Waals surface area contributed by atoms with Crippen LogP contribution in [0.25, 0.3) is 5.65 Å². The monoisotopic (exact) mass is 497 g/mol. The Balaban J connectivity index is 0.000000344. The number of hydrogen-bond donors (Lipinski definition) is 1. The Bertz CT molecular complexity index is 1130. The number of ether oxygens (including phenoxy) is 1. The van der Waals surface area contributed by atoms with Crippen LogP contribution in [0.5, 0.6) is 0 Å². The molecule has 0 aromatic carbocycles. The number of aryl methyl sites for hydroxylation is 1. The number of aliphatic carboxylic acids is 1. The lowest BCUT2D eigenvalue weighted by Crippen LogP contribution is -2.36. The molecule has 12 heteroatoms. The summed E-state index contributed by atoms with van der Waals surface area (Å²) in [5.74, 6) is -1.34. The summed E-state index contributed by atoms with van der Waals surface area (Å²) in [6, 6.07) is 8.70. The largest absolute Gasteiger partial charge is 0.490 e. The van der Waals surface area contributed by atoms with E-state index in [9.17, 15) is 13.2 Å². The summed E-state index contributed by atoms with van der Waals surface area (Å²) in [4.78, 5) is 21.4. The fraction of sp³-hybridized carbons (Fsp3) is 0.500. The molecule has 184 valence electrons. The van der Waals surface area contributed by atoms with Crippen LogP contribution in [-0.4, -0.2) is 76.1 Å². The number of anilines is 1. The average Bonchev–Trinajstić information content (AvgIpc) is 3.53. The minimum atomic E-state index is -5.08. The maximum Gasteiger partial charge on any atom is 0.490 e. The number of pyridine rings is 1. The molecule has 0 radical (unpaired) electrons. The zero-order valence-electron chi connectivity index (χ0n) is 18.7. The molecule has 8 nitrogen and oxygen atoms in total. The van der Waals surface area contributed by atoms with Gasteiger partial charge in [0.2, 0.25) is 0 Å². The fourth-order valence-corrected chi connectivity index (χ4v) is 4.98. The Morgan fingerprint density at radius 2 is 1.94 bits per heavy atom. The summed E-state index contributed by atoms with van der Waals surface area (Å²) in [7, 11) is 0. The number of aromatic nitrogens is 3. The van der Waals surface area contributed by atoms with E-state index in [2.05, 4.69) is 47.2 Å². The Morgan fingerprint density at radius 1 is 1.21 bits per heavy atom. The van der Waals surface area contributed by atoms with Gasteiger partial charge in [0.1, 0.15) is 0 Å². The number of carboxylic acid groups (broad SMARTS) is 1. The van der Waals surface area contributed by atoms with Gasteiger partial charge in [0.25, 0.3) is 0 Å². The van der Waals surface area contributed by atoms with Gasteiger partial charge < -0.3 is 14.7 Å². The number of nitrogens with zero attached hydrogens (tertiary/aromatic N) is 5. The van der Waals surface area contributed by atoms with Gasteiger partial charge in [0, 0.05) is 41.9 Å². The molecule has 5 rings (SSSR count). The first-order valence-electron chi connectivity index (χ1n) is 11.0. The first-order valence-corrected chi connectivity index (χ1v) is 11.8. The fourth-order valence-electron chi connectivity index (χ4n) is 4.05. The van der Waals surface area contributed by atoms with Crippen LogP contribution in [0.1, 0.15) is 27.9 Å². The van der Waals surface area contributed by atoms with Crippen molar-refractivity contribution in [1.82, 2.24) is 19.5 Å². The molecule has 0 saturated carbocycles. The van der Waals surface area contributed by atoms with Gasteiger partial charge in [-0.2, -0.15) is 18.3 Å². The minimum Gasteiger partial charge on any atom is -0.475 e. The molecule has 0 spiro atoms. The van der Waals surface area contributed by atoms with Crippen molar-refractivity contribution in [1.29, 1.82) is 0 Å². The second-order valence-electron chi connectivity index (χ2n) is 8.30. The van der Waals surface area contributed by atoms with E-state index in [1.807, 2.05) is 15.9 Å². The van der Waals surface area contributed by atoms with Crippen LogP contribution in [0.2, 0.25) is 0 Å². The molecule has 34 heavy (non-hydrogen) atoms. The number of hydrogen-bond acceptors (Lipinski definition) is 7. The first-order chi connectivity index (χ1) is 16.2. The quantitative estimate of drug-likeness (QED) is 0.590. The van der Waals surface area contributed by atoms with E-state index in [-0.39, 0.29) is 0 Å². The number of halogens is 3. The minimum absolute atomic E-state index is 0.429. The van der Waals surface area contributed by atoms with E-state index >= 15 is 0 Å². The molecular weight excluding hydrogens is 471 g/mol. The van der Waals surface area contributed by atoms with Crippen LogP contribution in [-0.2, 0) is 16.1 Å². The number of alkyl halides is 3. The van der Waals surface area contributed by atoms with Crippen LogP contribution in [0.15, 0.2) is 30.5 Å².